The third kappa shape index (κ3) is 2.72. The van der Waals surface area contributed by atoms with Crippen molar-refractivity contribution in [2.24, 2.45) is 0 Å². The second kappa shape index (κ2) is 5.26. The molecule has 0 aliphatic heterocycles. The zero-order chi connectivity index (χ0) is 15.8. The lowest BCUT2D eigenvalue weighted by atomic mass is 9.75. The molecule has 1 fully saturated rings. The minimum atomic E-state index is -3.78. The first-order valence-corrected chi connectivity index (χ1v) is 6.87. The molecule has 4 nitrogen and oxygen atoms in total. The van der Waals surface area contributed by atoms with Crippen LogP contribution in [0.4, 0.5) is 20.2 Å². The fourth-order valence-electron chi connectivity index (χ4n) is 2.48. The first-order valence-electron chi connectivity index (χ1n) is 6.87. The number of carbonyl (C=O) groups excluding carboxylic acids is 1. The molecule has 0 unspecified atom stereocenters. The molecule has 6 heteroatoms. The van der Waals surface area contributed by atoms with Gasteiger partial charge in [-0.1, -0.05) is 0 Å². The normalized spacial score (nSPS) is 17.0. The zero-order valence-corrected chi connectivity index (χ0v) is 12.4. The van der Waals surface area contributed by atoms with Crippen LogP contribution in [0.3, 0.4) is 0 Å². The van der Waals surface area contributed by atoms with Crippen LogP contribution in [0.1, 0.15) is 24.8 Å². The number of hydrogen-bond donors (Lipinski definition) is 2. The van der Waals surface area contributed by atoms with Gasteiger partial charge in [0.1, 0.15) is 5.60 Å². The second-order valence-electron chi connectivity index (χ2n) is 5.81. The molecule has 0 atom stereocenters. The van der Waals surface area contributed by atoms with Crippen molar-refractivity contribution >= 4 is 17.3 Å². The summed E-state index contributed by atoms with van der Waals surface area (Å²) in [6, 6.07) is 4.95. The van der Waals surface area contributed by atoms with E-state index in [-0.39, 0.29) is 12.8 Å². The highest BCUT2D eigenvalue weighted by Gasteiger charge is 2.61. The highest BCUT2D eigenvalue weighted by molar-refractivity contribution is 5.97. The number of benzene rings is 1. The van der Waals surface area contributed by atoms with Gasteiger partial charge in [0, 0.05) is 25.5 Å². The topological polar surface area (TPSA) is 52.6 Å². The zero-order valence-electron chi connectivity index (χ0n) is 12.4. The van der Waals surface area contributed by atoms with E-state index >= 15 is 0 Å². The number of aliphatic hydroxyl groups is 1. The predicted octanol–water partition coefficient (Wildman–Crippen LogP) is 2.55. The summed E-state index contributed by atoms with van der Waals surface area (Å²) >= 11 is 0. The highest BCUT2D eigenvalue weighted by atomic mass is 19.3. The van der Waals surface area contributed by atoms with E-state index in [2.05, 4.69) is 5.32 Å². The summed E-state index contributed by atoms with van der Waals surface area (Å²) in [4.78, 5) is 13.7. The van der Waals surface area contributed by atoms with Gasteiger partial charge >= 0.3 is 5.92 Å². The van der Waals surface area contributed by atoms with Gasteiger partial charge in [0.2, 0.25) is 0 Å². The second-order valence-corrected chi connectivity index (χ2v) is 5.81. The summed E-state index contributed by atoms with van der Waals surface area (Å²) < 4.78 is 27.9. The average molecular weight is 298 g/mol. The van der Waals surface area contributed by atoms with Gasteiger partial charge in [-0.2, -0.15) is 8.78 Å². The third-order valence-electron chi connectivity index (χ3n) is 3.99. The number of nitrogens with zero attached hydrogens (tertiary/aromatic N) is 1. The lowest BCUT2D eigenvalue weighted by molar-refractivity contribution is -0.212. The minimum Gasteiger partial charge on any atom is -0.383 e. The van der Waals surface area contributed by atoms with Crippen molar-refractivity contribution in [2.75, 3.05) is 24.3 Å². The Kier molecular flexibility index (Phi) is 3.93. The number of aryl methyl sites for hydroxylation is 1. The molecule has 21 heavy (non-hydrogen) atoms. The van der Waals surface area contributed by atoms with Crippen molar-refractivity contribution in [3.8, 4) is 0 Å². The highest BCUT2D eigenvalue weighted by Crippen LogP contribution is 2.44. The molecule has 0 aromatic heterocycles. The van der Waals surface area contributed by atoms with Crippen LogP contribution in [-0.4, -0.2) is 36.6 Å². The van der Waals surface area contributed by atoms with Crippen LogP contribution in [0.2, 0.25) is 0 Å². The quantitative estimate of drug-likeness (QED) is 0.898. The molecule has 1 saturated carbocycles. The Morgan fingerprint density at radius 3 is 2.43 bits per heavy atom. The van der Waals surface area contributed by atoms with Crippen molar-refractivity contribution in [2.45, 2.75) is 37.7 Å². The number of amides is 1. The van der Waals surface area contributed by atoms with Crippen LogP contribution in [0.5, 0.6) is 0 Å². The summed E-state index contributed by atoms with van der Waals surface area (Å²) in [5.41, 5.74) is -0.0954. The van der Waals surface area contributed by atoms with Gasteiger partial charge in [0.25, 0.3) is 5.91 Å². The van der Waals surface area contributed by atoms with E-state index in [1.165, 1.54) is 0 Å². The molecule has 0 saturated heterocycles. The van der Waals surface area contributed by atoms with Gasteiger partial charge in [-0.25, -0.2) is 0 Å². The van der Waals surface area contributed by atoms with E-state index in [0.29, 0.717) is 12.1 Å². The third-order valence-corrected chi connectivity index (χ3v) is 3.99. The van der Waals surface area contributed by atoms with Crippen molar-refractivity contribution in [3.05, 3.63) is 23.8 Å². The Bertz CT molecular complexity index is 555. The first-order chi connectivity index (χ1) is 9.67. The molecule has 1 aromatic carbocycles. The van der Waals surface area contributed by atoms with Crippen LogP contribution in [0.15, 0.2) is 18.2 Å². The standard InChI is InChI=1S/C15H20F2N2O2/c1-10-9-11(5-6-12(10)19(2)3)18-13(20)15(16,17)14(21)7-4-8-14/h5-6,9,21H,4,7-8H2,1-3H3,(H,18,20). The largest absolute Gasteiger partial charge is 0.383 e. The summed E-state index contributed by atoms with van der Waals surface area (Å²) in [6.07, 6.45) is 0.411. The molecular weight excluding hydrogens is 278 g/mol. The van der Waals surface area contributed by atoms with Gasteiger partial charge in [-0.3, -0.25) is 4.79 Å². The first kappa shape index (κ1) is 15.7. The van der Waals surface area contributed by atoms with Crippen molar-refractivity contribution in [1.29, 1.82) is 0 Å². The fourth-order valence-corrected chi connectivity index (χ4v) is 2.48. The maximum atomic E-state index is 14.0. The SMILES string of the molecule is Cc1cc(NC(=O)C(F)(F)C2(O)CCC2)ccc1N(C)C. The lowest BCUT2D eigenvalue weighted by Crippen LogP contribution is -2.59. The summed E-state index contributed by atoms with van der Waals surface area (Å²) in [5, 5.41) is 11.9. The van der Waals surface area contributed by atoms with Gasteiger partial charge < -0.3 is 15.3 Å². The number of carbonyl (C=O) groups is 1. The van der Waals surface area contributed by atoms with E-state index in [9.17, 15) is 18.7 Å². The number of nitrogens with one attached hydrogen (secondary N) is 1. The van der Waals surface area contributed by atoms with E-state index in [0.717, 1.165) is 11.3 Å². The number of anilines is 2. The number of halogens is 2. The van der Waals surface area contributed by atoms with Gasteiger partial charge in [-0.05, 0) is 49.9 Å². The van der Waals surface area contributed by atoms with E-state index in [1.54, 1.807) is 18.2 Å². The Hall–Kier alpha value is -1.69. The molecule has 0 spiro atoms. The Morgan fingerprint density at radius 2 is 2.00 bits per heavy atom. The Balaban J connectivity index is 2.14. The number of hydrogen-bond acceptors (Lipinski definition) is 3. The fraction of sp³-hybridized carbons (Fsp3) is 0.533. The number of alkyl halides is 2. The molecular formula is C15H20F2N2O2. The van der Waals surface area contributed by atoms with Gasteiger partial charge in [0.15, 0.2) is 0 Å². The molecule has 1 aliphatic rings. The molecule has 2 N–H and O–H groups in total. The number of rotatable bonds is 4. The van der Waals surface area contributed by atoms with Gasteiger partial charge in [-0.15, -0.1) is 0 Å². The van der Waals surface area contributed by atoms with Crippen molar-refractivity contribution in [3.63, 3.8) is 0 Å². The van der Waals surface area contributed by atoms with Crippen LogP contribution >= 0.6 is 0 Å². The van der Waals surface area contributed by atoms with Crippen LogP contribution in [0.25, 0.3) is 0 Å². The maximum Gasteiger partial charge on any atom is 0.352 e. The molecule has 2 rings (SSSR count). The molecule has 0 heterocycles. The summed E-state index contributed by atoms with van der Waals surface area (Å²) in [5.74, 6) is -5.24. The maximum absolute atomic E-state index is 14.0. The van der Waals surface area contributed by atoms with Gasteiger partial charge in [0.05, 0.1) is 0 Å². The predicted molar refractivity (Wildman–Crippen MR) is 77.9 cm³/mol. The smallest absolute Gasteiger partial charge is 0.352 e. The molecule has 1 amide bonds. The minimum absolute atomic E-state index is 0.0496. The van der Waals surface area contributed by atoms with Crippen LogP contribution in [0, 0.1) is 6.92 Å². The Labute approximate surface area is 122 Å². The van der Waals surface area contributed by atoms with Crippen molar-refractivity contribution < 1.29 is 18.7 Å². The molecule has 0 bridgehead atoms. The molecule has 1 aliphatic carbocycles. The Morgan fingerprint density at radius 1 is 1.38 bits per heavy atom. The summed E-state index contributed by atoms with van der Waals surface area (Å²) in [7, 11) is 3.75. The molecule has 1 aromatic rings. The van der Waals surface area contributed by atoms with Crippen LogP contribution in [-0.2, 0) is 4.79 Å². The van der Waals surface area contributed by atoms with Crippen molar-refractivity contribution in [1.82, 2.24) is 0 Å². The van der Waals surface area contributed by atoms with E-state index in [1.807, 2.05) is 25.9 Å². The lowest BCUT2D eigenvalue weighted by Gasteiger charge is -2.41. The van der Waals surface area contributed by atoms with E-state index in [4.69, 9.17) is 0 Å². The van der Waals surface area contributed by atoms with Crippen LogP contribution < -0.4 is 10.2 Å². The molecule has 0 radical (unpaired) electrons. The molecule has 116 valence electrons. The monoisotopic (exact) mass is 298 g/mol. The van der Waals surface area contributed by atoms with E-state index < -0.39 is 17.4 Å². The summed E-state index contributed by atoms with van der Waals surface area (Å²) in [6.45, 7) is 1.84. The average Bonchev–Trinajstić information content (AvgIpc) is 2.35.